The second kappa shape index (κ2) is 10.0. The molecule has 0 aliphatic heterocycles. The van der Waals surface area contributed by atoms with E-state index >= 15 is 0 Å². The fraction of sp³-hybridized carbons (Fsp3) is 0.579. The van der Waals surface area contributed by atoms with Gasteiger partial charge in [-0.3, -0.25) is 0 Å². The quantitative estimate of drug-likeness (QED) is 0.706. The number of rotatable bonds is 8. The van der Waals surface area contributed by atoms with Crippen molar-refractivity contribution in [2.24, 2.45) is 0 Å². The van der Waals surface area contributed by atoms with Gasteiger partial charge in [-0.15, -0.1) is 0 Å². The van der Waals surface area contributed by atoms with Crippen LogP contribution in [0.15, 0.2) is 30.3 Å². The van der Waals surface area contributed by atoms with E-state index in [2.05, 4.69) is 5.32 Å². The molecule has 1 rings (SSSR count). The Labute approximate surface area is 150 Å². The van der Waals surface area contributed by atoms with Crippen LogP contribution in [0.5, 0.6) is 0 Å². The Morgan fingerprint density at radius 3 is 2.36 bits per heavy atom. The number of esters is 1. The summed E-state index contributed by atoms with van der Waals surface area (Å²) in [6.45, 7) is 7.72. The largest absolute Gasteiger partial charge is 0.458 e. The number of carbonyl (C=O) groups excluding carboxylic acids is 2. The molecule has 0 aromatic heterocycles. The molecule has 2 amide bonds. The molecule has 0 saturated carbocycles. The number of benzene rings is 1. The third kappa shape index (κ3) is 8.03. The smallest absolute Gasteiger partial charge is 0.329 e. The highest BCUT2D eigenvalue weighted by atomic mass is 16.6. The molecule has 0 unspecified atom stereocenters. The molecule has 0 fully saturated rings. The lowest BCUT2D eigenvalue weighted by atomic mass is 10.1. The number of nitrogens with one attached hydrogen (secondary N) is 1. The third-order valence-corrected chi connectivity index (χ3v) is 3.57. The van der Waals surface area contributed by atoms with Crippen molar-refractivity contribution in [3.05, 3.63) is 35.9 Å². The number of urea groups is 1. The van der Waals surface area contributed by atoms with Gasteiger partial charge in [-0.25, -0.2) is 9.59 Å². The van der Waals surface area contributed by atoms with Gasteiger partial charge in [0.2, 0.25) is 0 Å². The first-order valence-electron chi connectivity index (χ1n) is 8.70. The van der Waals surface area contributed by atoms with Crippen LogP contribution in [0.1, 0.15) is 39.7 Å². The van der Waals surface area contributed by atoms with E-state index in [1.807, 2.05) is 37.3 Å². The highest BCUT2D eigenvalue weighted by molar-refractivity contribution is 5.83. The van der Waals surface area contributed by atoms with Gasteiger partial charge in [0.15, 0.2) is 0 Å². The summed E-state index contributed by atoms with van der Waals surface area (Å²) >= 11 is 0. The highest BCUT2D eigenvalue weighted by Gasteiger charge is 2.26. The molecule has 0 heterocycles. The van der Waals surface area contributed by atoms with Crippen LogP contribution in [0.25, 0.3) is 0 Å². The zero-order valence-electron chi connectivity index (χ0n) is 15.6. The average Bonchev–Trinajstić information content (AvgIpc) is 2.55. The van der Waals surface area contributed by atoms with E-state index in [0.717, 1.165) is 5.56 Å². The Hall–Kier alpha value is -2.08. The Bertz CT molecular complexity index is 540. The van der Waals surface area contributed by atoms with E-state index in [1.165, 1.54) is 4.90 Å². The highest BCUT2D eigenvalue weighted by Crippen LogP contribution is 2.10. The number of ether oxygens (including phenoxy) is 1. The number of amides is 2. The Balaban J connectivity index is 2.65. The van der Waals surface area contributed by atoms with Crippen LogP contribution in [0, 0.1) is 0 Å². The van der Waals surface area contributed by atoms with Crippen molar-refractivity contribution in [2.75, 3.05) is 19.7 Å². The third-order valence-electron chi connectivity index (χ3n) is 3.57. The monoisotopic (exact) mass is 350 g/mol. The molecule has 0 radical (unpaired) electrons. The standard InChI is InChI=1S/C19H30N2O4/c1-5-16(17(23)25-19(2,3)4)20-18(24)21(13-14-22)12-11-15-9-7-6-8-10-15/h6-10,16,22H,5,11-14H2,1-4H3,(H,20,24)/t16-/m0/s1. The number of aliphatic hydroxyl groups excluding tert-OH is 1. The van der Waals surface area contributed by atoms with Crippen LogP contribution in [0.4, 0.5) is 4.79 Å². The summed E-state index contributed by atoms with van der Waals surface area (Å²) in [6, 6.07) is 8.74. The first-order valence-corrected chi connectivity index (χ1v) is 8.70. The molecular weight excluding hydrogens is 320 g/mol. The molecule has 0 saturated heterocycles. The molecule has 0 spiro atoms. The fourth-order valence-corrected chi connectivity index (χ4v) is 2.29. The maximum Gasteiger partial charge on any atom is 0.329 e. The van der Waals surface area contributed by atoms with Gasteiger partial charge in [0, 0.05) is 13.1 Å². The van der Waals surface area contributed by atoms with Crippen molar-refractivity contribution in [2.45, 2.75) is 52.2 Å². The fourth-order valence-electron chi connectivity index (χ4n) is 2.29. The topological polar surface area (TPSA) is 78.9 Å². The van der Waals surface area contributed by atoms with Crippen LogP contribution >= 0.6 is 0 Å². The predicted molar refractivity (Wildman–Crippen MR) is 97.3 cm³/mol. The summed E-state index contributed by atoms with van der Waals surface area (Å²) in [5.41, 5.74) is 0.505. The summed E-state index contributed by atoms with van der Waals surface area (Å²) in [6.07, 6.45) is 1.11. The van der Waals surface area contributed by atoms with Crippen LogP contribution in [0.3, 0.4) is 0 Å². The van der Waals surface area contributed by atoms with Crippen molar-refractivity contribution >= 4 is 12.0 Å². The number of carbonyl (C=O) groups is 2. The van der Waals surface area contributed by atoms with Gasteiger partial charge < -0.3 is 20.1 Å². The minimum Gasteiger partial charge on any atom is -0.458 e. The predicted octanol–water partition coefficient (Wildman–Crippen LogP) is 2.35. The average molecular weight is 350 g/mol. The van der Waals surface area contributed by atoms with Gasteiger partial charge in [-0.05, 0) is 39.2 Å². The molecule has 140 valence electrons. The maximum atomic E-state index is 12.5. The SMILES string of the molecule is CC[C@H](NC(=O)N(CCO)CCc1ccccc1)C(=O)OC(C)(C)C. The van der Waals surface area contributed by atoms with Crippen molar-refractivity contribution in [1.29, 1.82) is 0 Å². The summed E-state index contributed by atoms with van der Waals surface area (Å²) in [5, 5.41) is 11.9. The molecule has 6 heteroatoms. The first kappa shape index (κ1) is 21.0. The van der Waals surface area contributed by atoms with Crippen LogP contribution in [0.2, 0.25) is 0 Å². The molecular formula is C19H30N2O4. The van der Waals surface area contributed by atoms with E-state index in [-0.39, 0.29) is 19.2 Å². The van der Waals surface area contributed by atoms with Crippen LogP contribution < -0.4 is 5.32 Å². The molecule has 1 atom stereocenters. The molecule has 0 aliphatic carbocycles. The number of nitrogens with zero attached hydrogens (tertiary/aromatic N) is 1. The lowest BCUT2D eigenvalue weighted by Crippen LogP contribution is -2.50. The molecule has 0 bridgehead atoms. The molecule has 1 aromatic carbocycles. The normalized spacial score (nSPS) is 12.4. The second-order valence-corrected chi connectivity index (χ2v) is 6.89. The van der Waals surface area contributed by atoms with Crippen molar-refractivity contribution in [1.82, 2.24) is 10.2 Å². The van der Waals surface area contributed by atoms with Gasteiger partial charge >= 0.3 is 12.0 Å². The van der Waals surface area contributed by atoms with E-state index in [4.69, 9.17) is 4.74 Å². The van der Waals surface area contributed by atoms with Gasteiger partial charge in [-0.2, -0.15) is 0 Å². The molecule has 1 aromatic rings. The maximum absolute atomic E-state index is 12.5. The number of aliphatic hydroxyl groups is 1. The van der Waals surface area contributed by atoms with Crippen LogP contribution in [-0.2, 0) is 16.0 Å². The Morgan fingerprint density at radius 1 is 1.20 bits per heavy atom. The molecule has 2 N–H and O–H groups in total. The summed E-state index contributed by atoms with van der Waals surface area (Å²) in [4.78, 5) is 26.2. The van der Waals surface area contributed by atoms with Crippen molar-refractivity contribution < 1.29 is 19.4 Å². The molecule has 6 nitrogen and oxygen atoms in total. The summed E-state index contributed by atoms with van der Waals surface area (Å²) in [7, 11) is 0. The van der Waals surface area contributed by atoms with Crippen molar-refractivity contribution in [3.63, 3.8) is 0 Å². The minimum atomic E-state index is -0.704. The molecule has 25 heavy (non-hydrogen) atoms. The van der Waals surface area contributed by atoms with E-state index < -0.39 is 17.6 Å². The van der Waals surface area contributed by atoms with Crippen LogP contribution in [-0.4, -0.2) is 53.3 Å². The zero-order valence-corrected chi connectivity index (χ0v) is 15.6. The zero-order chi connectivity index (χ0) is 18.9. The minimum absolute atomic E-state index is 0.133. The molecule has 0 aliphatic rings. The summed E-state index contributed by atoms with van der Waals surface area (Å²) in [5.74, 6) is -0.449. The number of hydrogen-bond donors (Lipinski definition) is 2. The second-order valence-electron chi connectivity index (χ2n) is 6.89. The van der Waals surface area contributed by atoms with Gasteiger partial charge in [0.05, 0.1) is 6.61 Å². The van der Waals surface area contributed by atoms with Gasteiger partial charge in [0.25, 0.3) is 0 Å². The van der Waals surface area contributed by atoms with E-state index in [1.54, 1.807) is 20.8 Å². The van der Waals surface area contributed by atoms with E-state index in [0.29, 0.717) is 19.4 Å². The first-order chi connectivity index (χ1) is 11.8. The lowest BCUT2D eigenvalue weighted by Gasteiger charge is -2.27. The van der Waals surface area contributed by atoms with Crippen molar-refractivity contribution in [3.8, 4) is 0 Å². The van der Waals surface area contributed by atoms with Gasteiger partial charge in [0.1, 0.15) is 11.6 Å². The number of hydrogen-bond acceptors (Lipinski definition) is 4. The Kier molecular flexibility index (Phi) is 8.41. The van der Waals surface area contributed by atoms with E-state index in [9.17, 15) is 14.7 Å². The van der Waals surface area contributed by atoms with Gasteiger partial charge in [-0.1, -0.05) is 37.3 Å². The lowest BCUT2D eigenvalue weighted by molar-refractivity contribution is -0.157. The summed E-state index contributed by atoms with van der Waals surface area (Å²) < 4.78 is 5.34. The Morgan fingerprint density at radius 2 is 1.84 bits per heavy atom.